The van der Waals surface area contributed by atoms with E-state index in [2.05, 4.69) is 16.5 Å². The van der Waals surface area contributed by atoms with Gasteiger partial charge in [-0.05, 0) is 36.1 Å². The number of rotatable bonds is 4. The standard InChI is InChI=1S/C14H16ClN3/c1-18-9-11(8-17-18)14-6-12(15)3-2-10(14)7-16-13-4-5-13/h2-3,6,8-9,13,16H,4-5,7H2,1H3. The minimum absolute atomic E-state index is 0.711. The fourth-order valence-corrected chi connectivity index (χ4v) is 2.25. The van der Waals surface area contributed by atoms with E-state index >= 15 is 0 Å². The Morgan fingerprint density at radius 2 is 2.28 bits per heavy atom. The summed E-state index contributed by atoms with van der Waals surface area (Å²) < 4.78 is 1.81. The van der Waals surface area contributed by atoms with Gasteiger partial charge in [-0.1, -0.05) is 17.7 Å². The van der Waals surface area contributed by atoms with E-state index in [1.165, 1.54) is 24.0 Å². The first kappa shape index (κ1) is 11.8. The third-order valence-corrected chi connectivity index (χ3v) is 3.48. The molecule has 1 fully saturated rings. The van der Waals surface area contributed by atoms with Crippen LogP contribution in [0.15, 0.2) is 30.6 Å². The van der Waals surface area contributed by atoms with Gasteiger partial charge in [0.1, 0.15) is 0 Å². The first-order valence-corrected chi connectivity index (χ1v) is 6.61. The summed E-state index contributed by atoms with van der Waals surface area (Å²) in [6.45, 7) is 0.895. The third-order valence-electron chi connectivity index (χ3n) is 3.25. The van der Waals surface area contributed by atoms with Crippen molar-refractivity contribution in [1.82, 2.24) is 15.1 Å². The quantitative estimate of drug-likeness (QED) is 0.917. The Balaban J connectivity index is 1.91. The Bertz CT molecular complexity index is 558. The van der Waals surface area contributed by atoms with Crippen LogP contribution in [0.4, 0.5) is 0 Å². The van der Waals surface area contributed by atoms with Gasteiger partial charge in [0.2, 0.25) is 0 Å². The second-order valence-electron chi connectivity index (χ2n) is 4.86. The van der Waals surface area contributed by atoms with Gasteiger partial charge in [0.05, 0.1) is 6.20 Å². The number of aromatic nitrogens is 2. The van der Waals surface area contributed by atoms with Crippen molar-refractivity contribution in [2.24, 2.45) is 7.05 Å². The number of halogens is 1. The molecule has 1 heterocycles. The second kappa shape index (κ2) is 4.75. The zero-order valence-corrected chi connectivity index (χ0v) is 11.1. The summed E-state index contributed by atoms with van der Waals surface area (Å²) in [5.74, 6) is 0. The second-order valence-corrected chi connectivity index (χ2v) is 5.30. The maximum absolute atomic E-state index is 6.10. The zero-order valence-electron chi connectivity index (χ0n) is 10.4. The number of aryl methyl sites for hydroxylation is 1. The van der Waals surface area contributed by atoms with Gasteiger partial charge in [0, 0.05) is 36.4 Å². The number of nitrogens with one attached hydrogen (secondary N) is 1. The van der Waals surface area contributed by atoms with E-state index in [9.17, 15) is 0 Å². The molecule has 0 unspecified atom stereocenters. The van der Waals surface area contributed by atoms with Gasteiger partial charge in [-0.25, -0.2) is 0 Å². The molecule has 0 radical (unpaired) electrons. The smallest absolute Gasteiger partial charge is 0.0568 e. The van der Waals surface area contributed by atoms with Crippen molar-refractivity contribution in [1.29, 1.82) is 0 Å². The molecule has 1 aliphatic carbocycles. The lowest BCUT2D eigenvalue weighted by molar-refractivity contribution is 0.689. The zero-order chi connectivity index (χ0) is 12.5. The molecule has 94 valence electrons. The molecule has 1 saturated carbocycles. The van der Waals surface area contributed by atoms with Crippen molar-refractivity contribution in [2.45, 2.75) is 25.4 Å². The molecule has 0 amide bonds. The van der Waals surface area contributed by atoms with Crippen molar-refractivity contribution in [3.8, 4) is 11.1 Å². The van der Waals surface area contributed by atoms with Crippen molar-refractivity contribution >= 4 is 11.6 Å². The minimum Gasteiger partial charge on any atom is -0.310 e. The van der Waals surface area contributed by atoms with Crippen LogP contribution in [0.2, 0.25) is 5.02 Å². The Hall–Kier alpha value is -1.32. The summed E-state index contributed by atoms with van der Waals surface area (Å²) >= 11 is 6.10. The number of hydrogen-bond donors (Lipinski definition) is 1. The van der Waals surface area contributed by atoms with E-state index in [0.29, 0.717) is 6.04 Å². The minimum atomic E-state index is 0.711. The maximum Gasteiger partial charge on any atom is 0.0568 e. The summed E-state index contributed by atoms with van der Waals surface area (Å²) in [4.78, 5) is 0. The molecule has 0 aliphatic heterocycles. The summed E-state index contributed by atoms with van der Waals surface area (Å²) in [6, 6.07) is 6.77. The summed E-state index contributed by atoms with van der Waals surface area (Å²) in [7, 11) is 1.93. The SMILES string of the molecule is Cn1cc(-c2cc(Cl)ccc2CNC2CC2)cn1. The predicted octanol–water partition coefficient (Wildman–Crippen LogP) is 2.99. The molecular weight excluding hydrogens is 246 g/mol. The first-order chi connectivity index (χ1) is 8.72. The molecular formula is C14H16ClN3. The summed E-state index contributed by atoms with van der Waals surface area (Å²) in [6.07, 6.45) is 6.50. The van der Waals surface area contributed by atoms with E-state index in [1.807, 2.05) is 36.3 Å². The fourth-order valence-electron chi connectivity index (χ4n) is 2.07. The molecule has 0 saturated heterocycles. The van der Waals surface area contributed by atoms with E-state index in [1.54, 1.807) is 0 Å². The molecule has 0 atom stereocenters. The molecule has 4 heteroatoms. The first-order valence-electron chi connectivity index (χ1n) is 6.23. The normalized spacial score (nSPS) is 15.0. The Labute approximate surface area is 112 Å². The average molecular weight is 262 g/mol. The molecule has 1 N–H and O–H groups in total. The summed E-state index contributed by atoms with van der Waals surface area (Å²) in [5, 5.41) is 8.53. The number of hydrogen-bond acceptors (Lipinski definition) is 2. The fraction of sp³-hybridized carbons (Fsp3) is 0.357. The van der Waals surface area contributed by atoms with Crippen LogP contribution in [-0.4, -0.2) is 15.8 Å². The van der Waals surface area contributed by atoms with Crippen LogP contribution in [-0.2, 0) is 13.6 Å². The van der Waals surface area contributed by atoms with Gasteiger partial charge in [-0.3, -0.25) is 4.68 Å². The molecule has 1 aliphatic rings. The highest BCUT2D eigenvalue weighted by Gasteiger charge is 2.20. The van der Waals surface area contributed by atoms with E-state index in [-0.39, 0.29) is 0 Å². The van der Waals surface area contributed by atoms with E-state index < -0.39 is 0 Å². The van der Waals surface area contributed by atoms with Crippen LogP contribution in [0.25, 0.3) is 11.1 Å². The molecule has 0 bridgehead atoms. The average Bonchev–Trinajstić information content (AvgIpc) is 3.09. The molecule has 2 aromatic rings. The maximum atomic E-state index is 6.10. The van der Waals surface area contributed by atoms with Crippen molar-refractivity contribution in [2.75, 3.05) is 0 Å². The molecule has 1 aromatic heterocycles. The monoisotopic (exact) mass is 261 g/mol. The van der Waals surface area contributed by atoms with Gasteiger partial charge >= 0.3 is 0 Å². The topological polar surface area (TPSA) is 29.9 Å². The van der Waals surface area contributed by atoms with Crippen LogP contribution in [0, 0.1) is 0 Å². The van der Waals surface area contributed by atoms with Crippen LogP contribution in [0.5, 0.6) is 0 Å². The largest absolute Gasteiger partial charge is 0.310 e. The highest BCUT2D eigenvalue weighted by atomic mass is 35.5. The van der Waals surface area contributed by atoms with Crippen LogP contribution >= 0.6 is 11.6 Å². The Morgan fingerprint density at radius 3 is 2.94 bits per heavy atom. The van der Waals surface area contributed by atoms with Crippen LogP contribution in [0.3, 0.4) is 0 Å². The van der Waals surface area contributed by atoms with Crippen LogP contribution in [0.1, 0.15) is 18.4 Å². The van der Waals surface area contributed by atoms with E-state index in [0.717, 1.165) is 17.1 Å². The van der Waals surface area contributed by atoms with Gasteiger partial charge in [-0.2, -0.15) is 5.10 Å². The molecule has 3 nitrogen and oxygen atoms in total. The van der Waals surface area contributed by atoms with Crippen molar-refractivity contribution in [3.63, 3.8) is 0 Å². The third kappa shape index (κ3) is 2.57. The summed E-state index contributed by atoms with van der Waals surface area (Å²) in [5.41, 5.74) is 3.57. The Morgan fingerprint density at radius 1 is 1.44 bits per heavy atom. The molecule has 1 aromatic carbocycles. The van der Waals surface area contributed by atoms with Crippen LogP contribution < -0.4 is 5.32 Å². The number of nitrogens with zero attached hydrogens (tertiary/aromatic N) is 2. The predicted molar refractivity (Wildman–Crippen MR) is 73.5 cm³/mol. The Kier molecular flexibility index (Phi) is 3.10. The van der Waals surface area contributed by atoms with Crippen molar-refractivity contribution in [3.05, 3.63) is 41.2 Å². The molecule has 18 heavy (non-hydrogen) atoms. The lowest BCUT2D eigenvalue weighted by Gasteiger charge is -2.09. The lowest BCUT2D eigenvalue weighted by atomic mass is 10.0. The number of benzene rings is 1. The van der Waals surface area contributed by atoms with Gasteiger partial charge in [0.15, 0.2) is 0 Å². The van der Waals surface area contributed by atoms with E-state index in [4.69, 9.17) is 11.6 Å². The lowest BCUT2D eigenvalue weighted by Crippen LogP contribution is -2.15. The van der Waals surface area contributed by atoms with Gasteiger partial charge < -0.3 is 5.32 Å². The highest BCUT2D eigenvalue weighted by molar-refractivity contribution is 6.30. The van der Waals surface area contributed by atoms with Gasteiger partial charge in [0.25, 0.3) is 0 Å². The van der Waals surface area contributed by atoms with Gasteiger partial charge in [-0.15, -0.1) is 0 Å². The molecule has 0 spiro atoms. The highest BCUT2D eigenvalue weighted by Crippen LogP contribution is 2.28. The van der Waals surface area contributed by atoms with Crippen molar-refractivity contribution < 1.29 is 0 Å². The molecule has 3 rings (SSSR count).